The molecule has 0 saturated carbocycles. The topological polar surface area (TPSA) is 41.9 Å². The first-order valence-electron chi connectivity index (χ1n) is 10.4. The molecule has 0 N–H and O–H groups in total. The Kier molecular flexibility index (Phi) is 7.09. The monoisotopic (exact) mass is 538 g/mol. The van der Waals surface area contributed by atoms with Gasteiger partial charge in [0.05, 0.1) is 35.0 Å². The van der Waals surface area contributed by atoms with Crippen molar-refractivity contribution in [2.45, 2.75) is 24.4 Å². The van der Waals surface area contributed by atoms with E-state index in [0.29, 0.717) is 26.6 Å². The highest BCUT2D eigenvalue weighted by Crippen LogP contribution is 2.47. The third kappa shape index (κ3) is 5.29. The molecule has 1 amide bonds. The summed E-state index contributed by atoms with van der Waals surface area (Å²) in [6.07, 6.45) is -4.53. The van der Waals surface area contributed by atoms with Crippen LogP contribution in [0.4, 0.5) is 18.9 Å². The third-order valence-corrected chi connectivity index (χ3v) is 7.60. The molecule has 1 aliphatic rings. The van der Waals surface area contributed by atoms with E-state index in [4.69, 9.17) is 27.9 Å². The van der Waals surface area contributed by atoms with Gasteiger partial charge in [-0.3, -0.25) is 9.69 Å². The average Bonchev–Trinajstić information content (AvgIpc) is 3.06. The fourth-order valence-electron chi connectivity index (χ4n) is 3.60. The van der Waals surface area contributed by atoms with Crippen LogP contribution in [0.2, 0.25) is 10.0 Å². The minimum atomic E-state index is -4.53. The summed E-state index contributed by atoms with van der Waals surface area (Å²) in [5.74, 6) is 0.283. The molecule has 4 rings (SSSR count). The first kappa shape index (κ1) is 25.4. The molecule has 0 spiro atoms. The molecule has 3 aromatic carbocycles. The summed E-state index contributed by atoms with van der Waals surface area (Å²) in [5, 5.41) is 0.990. The lowest BCUT2D eigenvalue weighted by molar-refractivity contribution is -0.138. The number of hydrogen-bond donors (Lipinski definition) is 0. The van der Waals surface area contributed by atoms with Gasteiger partial charge in [-0.15, -0.1) is 0 Å². The van der Waals surface area contributed by atoms with Gasteiger partial charge in [-0.2, -0.15) is 13.2 Å². The summed E-state index contributed by atoms with van der Waals surface area (Å²) >= 11 is 13.2. The minimum Gasteiger partial charge on any atom is -0.497 e. The highest BCUT2D eigenvalue weighted by atomic mass is 35.5. The van der Waals surface area contributed by atoms with E-state index in [2.05, 4.69) is 4.99 Å². The number of methoxy groups -OCH3 is 1. The molecule has 1 aliphatic heterocycles. The maximum absolute atomic E-state index is 13.7. The molecule has 1 fully saturated rings. The number of ether oxygens (including phenoxy) is 1. The number of aliphatic imine (C=N–C) groups is 1. The summed E-state index contributed by atoms with van der Waals surface area (Å²) in [4.78, 5) is 19.8. The van der Waals surface area contributed by atoms with Crippen molar-refractivity contribution in [2.24, 2.45) is 4.99 Å². The number of nitrogens with zero attached hydrogens (tertiary/aromatic N) is 2. The molecular formula is C25H19Cl2F3N2O2S. The second-order valence-corrected chi connectivity index (χ2v) is 10.1. The van der Waals surface area contributed by atoms with Gasteiger partial charge in [0.25, 0.3) is 0 Å². The van der Waals surface area contributed by atoms with Crippen LogP contribution in [-0.2, 0) is 22.3 Å². The number of amidine groups is 1. The summed E-state index contributed by atoms with van der Waals surface area (Å²) in [6, 6.07) is 16.8. The van der Waals surface area contributed by atoms with Crippen molar-refractivity contribution in [3.63, 3.8) is 0 Å². The molecule has 1 unspecified atom stereocenters. The molecule has 0 radical (unpaired) electrons. The van der Waals surface area contributed by atoms with E-state index in [1.807, 2.05) is 12.1 Å². The molecule has 35 heavy (non-hydrogen) atoms. The van der Waals surface area contributed by atoms with Gasteiger partial charge in [-0.1, -0.05) is 59.2 Å². The lowest BCUT2D eigenvalue weighted by Gasteiger charge is -2.23. The highest BCUT2D eigenvalue weighted by molar-refractivity contribution is 8.15. The first-order chi connectivity index (χ1) is 16.5. The number of carbonyl (C=O) groups excluding carboxylic acids is 1. The van der Waals surface area contributed by atoms with Crippen molar-refractivity contribution in [1.82, 2.24) is 4.90 Å². The molecule has 182 valence electrons. The Labute approximate surface area is 214 Å². The van der Waals surface area contributed by atoms with Crippen LogP contribution in [0, 0.1) is 0 Å². The smallest absolute Gasteiger partial charge is 0.416 e. The van der Waals surface area contributed by atoms with Crippen LogP contribution >= 0.6 is 35.0 Å². The molecule has 10 heteroatoms. The summed E-state index contributed by atoms with van der Waals surface area (Å²) in [5.41, 5.74) is 0.681. The zero-order chi connectivity index (χ0) is 25.4. The van der Waals surface area contributed by atoms with Gasteiger partial charge in [0, 0.05) is 0 Å². The standard InChI is InChI=1S/C25H19Cl2F3N2O2S/c1-24(16-4-3-5-17(12-16)25(28,29)30)22(33)32(14-15-6-9-19(34-2)10-7-15)23(35-24)31-18-8-11-20(26)21(27)13-18/h3-13H,14H2,1-2H3. The fourth-order valence-corrected chi connectivity index (χ4v) is 5.11. The SMILES string of the molecule is COc1ccc(CN2C(=O)C(C)(c3cccc(C(F)(F)F)c3)SC2=Nc2ccc(Cl)c(Cl)c2)cc1. The van der Waals surface area contributed by atoms with Crippen LogP contribution in [0.25, 0.3) is 0 Å². The average molecular weight is 539 g/mol. The Morgan fingerprint density at radius 2 is 1.74 bits per heavy atom. The molecule has 0 aliphatic carbocycles. The van der Waals surface area contributed by atoms with Gasteiger partial charge in [0.1, 0.15) is 10.5 Å². The zero-order valence-electron chi connectivity index (χ0n) is 18.6. The quantitative estimate of drug-likeness (QED) is 0.334. The number of benzene rings is 3. The Balaban J connectivity index is 1.77. The molecule has 0 aromatic heterocycles. The van der Waals surface area contributed by atoms with Crippen molar-refractivity contribution < 1.29 is 22.7 Å². The van der Waals surface area contributed by atoms with Crippen molar-refractivity contribution in [1.29, 1.82) is 0 Å². The number of carbonyl (C=O) groups is 1. The Hall–Kier alpha value is -2.68. The van der Waals surface area contributed by atoms with Crippen LogP contribution in [0.15, 0.2) is 71.7 Å². The third-order valence-electron chi connectivity index (χ3n) is 5.55. The minimum absolute atomic E-state index is 0.171. The number of hydrogen-bond acceptors (Lipinski definition) is 4. The van der Waals surface area contributed by atoms with Crippen LogP contribution < -0.4 is 4.74 Å². The zero-order valence-corrected chi connectivity index (χ0v) is 20.9. The van der Waals surface area contributed by atoms with Crippen molar-refractivity contribution >= 4 is 51.7 Å². The van der Waals surface area contributed by atoms with Gasteiger partial charge < -0.3 is 4.74 Å². The number of alkyl halides is 3. The van der Waals surface area contributed by atoms with Crippen LogP contribution in [0.3, 0.4) is 0 Å². The number of amides is 1. The maximum Gasteiger partial charge on any atom is 0.416 e. The highest BCUT2D eigenvalue weighted by Gasteiger charge is 2.49. The first-order valence-corrected chi connectivity index (χ1v) is 11.9. The van der Waals surface area contributed by atoms with E-state index in [9.17, 15) is 18.0 Å². The van der Waals surface area contributed by atoms with E-state index in [1.54, 1.807) is 44.4 Å². The fraction of sp³-hybridized carbons (Fsp3) is 0.200. The number of rotatable bonds is 5. The van der Waals surface area contributed by atoms with E-state index >= 15 is 0 Å². The lowest BCUT2D eigenvalue weighted by atomic mass is 9.96. The van der Waals surface area contributed by atoms with E-state index < -0.39 is 16.5 Å². The van der Waals surface area contributed by atoms with Crippen molar-refractivity contribution in [2.75, 3.05) is 7.11 Å². The Morgan fingerprint density at radius 3 is 2.37 bits per heavy atom. The Morgan fingerprint density at radius 1 is 1.03 bits per heavy atom. The summed E-state index contributed by atoms with van der Waals surface area (Å²) in [7, 11) is 1.55. The van der Waals surface area contributed by atoms with Crippen molar-refractivity contribution in [3.8, 4) is 5.75 Å². The van der Waals surface area contributed by atoms with Gasteiger partial charge >= 0.3 is 6.18 Å². The predicted molar refractivity (Wildman–Crippen MR) is 133 cm³/mol. The summed E-state index contributed by atoms with van der Waals surface area (Å²) in [6.45, 7) is 1.78. The molecular weight excluding hydrogens is 520 g/mol. The Bertz CT molecular complexity index is 1300. The second-order valence-electron chi connectivity index (χ2n) is 7.95. The van der Waals surface area contributed by atoms with Gasteiger partial charge in [0.2, 0.25) is 5.91 Å². The predicted octanol–water partition coefficient (Wildman–Crippen LogP) is 7.70. The van der Waals surface area contributed by atoms with Crippen LogP contribution in [0.5, 0.6) is 5.75 Å². The number of thioether (sulfide) groups is 1. The van der Waals surface area contributed by atoms with E-state index in [-0.39, 0.29) is 18.0 Å². The molecule has 3 aromatic rings. The second kappa shape index (κ2) is 9.76. The van der Waals surface area contributed by atoms with E-state index in [1.165, 1.54) is 17.0 Å². The van der Waals surface area contributed by atoms with Gasteiger partial charge in [-0.25, -0.2) is 4.99 Å². The molecule has 1 atom stereocenters. The maximum atomic E-state index is 13.7. The number of halogens is 5. The lowest BCUT2D eigenvalue weighted by Crippen LogP contribution is -2.36. The molecule has 1 saturated heterocycles. The van der Waals surface area contributed by atoms with Crippen LogP contribution in [0.1, 0.15) is 23.6 Å². The van der Waals surface area contributed by atoms with Gasteiger partial charge in [0.15, 0.2) is 5.17 Å². The van der Waals surface area contributed by atoms with Crippen LogP contribution in [-0.4, -0.2) is 23.1 Å². The normalized spacial score (nSPS) is 19.5. The molecule has 0 bridgehead atoms. The summed E-state index contributed by atoms with van der Waals surface area (Å²) < 4.78 is 44.0. The largest absolute Gasteiger partial charge is 0.497 e. The van der Waals surface area contributed by atoms with Crippen molar-refractivity contribution in [3.05, 3.63) is 93.5 Å². The van der Waals surface area contributed by atoms with Gasteiger partial charge in [-0.05, 0) is 60.5 Å². The van der Waals surface area contributed by atoms with E-state index in [0.717, 1.165) is 29.5 Å². The molecule has 1 heterocycles. The molecule has 4 nitrogen and oxygen atoms in total.